The van der Waals surface area contributed by atoms with Crippen LogP contribution in [0.25, 0.3) is 27.7 Å². The Kier molecular flexibility index (Phi) is 7.56. The quantitative estimate of drug-likeness (QED) is 0.226. The summed E-state index contributed by atoms with van der Waals surface area (Å²) in [5.41, 5.74) is 3.94. The van der Waals surface area contributed by atoms with E-state index in [1.165, 1.54) is 18.5 Å². The van der Waals surface area contributed by atoms with Gasteiger partial charge in [-0.15, -0.1) is 0 Å². The van der Waals surface area contributed by atoms with E-state index in [-0.39, 0.29) is 22.5 Å². The first kappa shape index (κ1) is 27.7. The van der Waals surface area contributed by atoms with E-state index in [4.69, 9.17) is 4.98 Å². The summed E-state index contributed by atoms with van der Waals surface area (Å²) in [5, 5.41) is 12.1. The van der Waals surface area contributed by atoms with Crippen molar-refractivity contribution in [3.8, 4) is 17.0 Å². The Morgan fingerprint density at radius 2 is 1.98 bits per heavy atom. The number of nitrogens with zero attached hydrogens (tertiary/aromatic N) is 5. The SMILES string of the molecule is CCc1cc(-c2ccc3c(NS(=O)(=O)c4ccc(OC(F)F)cc4)ncnn23)cc2cnc(N[C@H]3CCCNC3)nc12. The summed E-state index contributed by atoms with van der Waals surface area (Å²) < 4.78 is 59.4. The number of aryl methyl sites for hydroxylation is 1. The van der Waals surface area contributed by atoms with Gasteiger partial charge in [0.25, 0.3) is 10.0 Å². The first-order valence-corrected chi connectivity index (χ1v) is 15.0. The second kappa shape index (κ2) is 11.4. The average molecular weight is 595 g/mol. The molecule has 4 heterocycles. The van der Waals surface area contributed by atoms with Crippen LogP contribution in [0, 0.1) is 0 Å². The van der Waals surface area contributed by atoms with Crippen molar-refractivity contribution in [3.05, 3.63) is 66.6 Å². The third-order valence-electron chi connectivity index (χ3n) is 7.11. The number of fused-ring (bicyclic) bond motifs is 2. The molecule has 0 unspecified atom stereocenters. The number of hydrogen-bond donors (Lipinski definition) is 3. The van der Waals surface area contributed by atoms with Crippen LogP contribution in [0.15, 0.2) is 66.0 Å². The zero-order valence-corrected chi connectivity index (χ0v) is 23.4. The molecule has 1 aliphatic rings. The number of alkyl halides is 2. The van der Waals surface area contributed by atoms with Crippen molar-refractivity contribution >= 4 is 38.2 Å². The molecule has 2 aromatic carbocycles. The lowest BCUT2D eigenvalue weighted by molar-refractivity contribution is -0.0498. The van der Waals surface area contributed by atoms with Gasteiger partial charge in [0.2, 0.25) is 5.95 Å². The number of nitrogens with one attached hydrogen (secondary N) is 3. The van der Waals surface area contributed by atoms with Gasteiger partial charge < -0.3 is 15.4 Å². The van der Waals surface area contributed by atoms with Gasteiger partial charge in [-0.25, -0.2) is 27.9 Å². The molecule has 1 saturated heterocycles. The van der Waals surface area contributed by atoms with Gasteiger partial charge in [-0.2, -0.15) is 13.9 Å². The molecular formula is C28H28F2N8O3S. The molecule has 6 rings (SSSR count). The minimum Gasteiger partial charge on any atom is -0.435 e. The number of hydrogen-bond acceptors (Lipinski definition) is 9. The summed E-state index contributed by atoms with van der Waals surface area (Å²) in [6.07, 6.45) is 6.00. The molecule has 0 amide bonds. The molecule has 0 saturated carbocycles. The highest BCUT2D eigenvalue weighted by atomic mass is 32.2. The summed E-state index contributed by atoms with van der Waals surface area (Å²) in [7, 11) is -4.08. The predicted octanol–water partition coefficient (Wildman–Crippen LogP) is 4.47. The fourth-order valence-corrected chi connectivity index (χ4v) is 6.11. The normalized spacial score (nSPS) is 15.8. The lowest BCUT2D eigenvalue weighted by Gasteiger charge is -2.23. The molecule has 3 aromatic heterocycles. The number of piperidine rings is 1. The van der Waals surface area contributed by atoms with Crippen molar-refractivity contribution in [2.45, 2.75) is 43.7 Å². The fraction of sp³-hybridized carbons (Fsp3) is 0.286. The number of rotatable bonds is 9. The van der Waals surface area contributed by atoms with E-state index in [9.17, 15) is 17.2 Å². The molecule has 42 heavy (non-hydrogen) atoms. The van der Waals surface area contributed by atoms with Crippen LogP contribution in [0.4, 0.5) is 20.5 Å². The Morgan fingerprint density at radius 1 is 1.14 bits per heavy atom. The van der Waals surface area contributed by atoms with Crippen molar-refractivity contribution in [2.24, 2.45) is 0 Å². The largest absolute Gasteiger partial charge is 0.435 e. The Hall–Kier alpha value is -4.43. The van der Waals surface area contributed by atoms with E-state index in [1.807, 2.05) is 18.3 Å². The maximum absolute atomic E-state index is 13.0. The molecule has 1 fully saturated rings. The van der Waals surface area contributed by atoms with Gasteiger partial charge in [0.1, 0.15) is 17.6 Å². The van der Waals surface area contributed by atoms with Gasteiger partial charge in [-0.3, -0.25) is 4.72 Å². The van der Waals surface area contributed by atoms with Crippen LogP contribution in [0.5, 0.6) is 5.75 Å². The first-order valence-electron chi connectivity index (χ1n) is 13.5. The molecule has 0 bridgehead atoms. The third kappa shape index (κ3) is 5.67. The number of anilines is 2. The van der Waals surface area contributed by atoms with Crippen molar-refractivity contribution in [1.82, 2.24) is 29.9 Å². The van der Waals surface area contributed by atoms with Crippen LogP contribution in [0.3, 0.4) is 0 Å². The van der Waals surface area contributed by atoms with E-state index in [0.717, 1.165) is 72.2 Å². The molecule has 1 atom stereocenters. The number of sulfonamides is 1. The molecule has 1 aliphatic heterocycles. The van der Waals surface area contributed by atoms with Crippen molar-refractivity contribution in [1.29, 1.82) is 0 Å². The monoisotopic (exact) mass is 594 g/mol. The second-order valence-electron chi connectivity index (χ2n) is 9.89. The molecular weight excluding hydrogens is 566 g/mol. The second-order valence-corrected chi connectivity index (χ2v) is 11.6. The van der Waals surface area contributed by atoms with Gasteiger partial charge >= 0.3 is 6.61 Å². The minimum absolute atomic E-state index is 0.0666. The van der Waals surface area contributed by atoms with Crippen molar-refractivity contribution in [2.75, 3.05) is 23.1 Å². The molecule has 11 nitrogen and oxygen atoms in total. The zero-order valence-electron chi connectivity index (χ0n) is 22.6. The molecule has 0 spiro atoms. The summed E-state index contributed by atoms with van der Waals surface area (Å²) in [5.74, 6) is 0.524. The van der Waals surface area contributed by atoms with E-state index >= 15 is 0 Å². The van der Waals surface area contributed by atoms with E-state index in [2.05, 4.69) is 48.1 Å². The van der Waals surface area contributed by atoms with Gasteiger partial charge in [0.15, 0.2) is 5.82 Å². The van der Waals surface area contributed by atoms with Crippen LogP contribution < -0.4 is 20.1 Å². The standard InChI is InChI=1S/C28H28F2N8O3S/c1-2-17-12-18(13-19-14-32-28(36-25(17)19)35-20-4-3-11-31-15-20)23-9-10-24-26(33-16-34-38(23)24)37-42(39,40)22-7-5-21(6-8-22)41-27(29)30/h5-10,12-14,16,20,27,31H,2-4,11,15H2,1H3,(H,32,35,36)(H,33,34,37)/t20-/m0/s1. The summed E-state index contributed by atoms with van der Waals surface area (Å²) in [6, 6.07) is 12.6. The number of aromatic nitrogens is 5. The molecule has 218 valence electrons. The lowest BCUT2D eigenvalue weighted by Crippen LogP contribution is -2.38. The Morgan fingerprint density at radius 3 is 2.71 bits per heavy atom. The number of halogens is 2. The van der Waals surface area contributed by atoms with Crippen LogP contribution in [-0.4, -0.2) is 58.7 Å². The predicted molar refractivity (Wildman–Crippen MR) is 154 cm³/mol. The smallest absolute Gasteiger partial charge is 0.387 e. The highest BCUT2D eigenvalue weighted by molar-refractivity contribution is 7.92. The van der Waals surface area contributed by atoms with Crippen LogP contribution in [0.1, 0.15) is 25.3 Å². The minimum atomic E-state index is -4.08. The van der Waals surface area contributed by atoms with Crippen LogP contribution in [0.2, 0.25) is 0 Å². The fourth-order valence-electron chi connectivity index (χ4n) is 5.08. The van der Waals surface area contributed by atoms with E-state index in [1.54, 1.807) is 10.6 Å². The van der Waals surface area contributed by atoms with E-state index in [0.29, 0.717) is 11.5 Å². The maximum atomic E-state index is 13.0. The lowest BCUT2D eigenvalue weighted by atomic mass is 10.0. The molecule has 3 N–H and O–H groups in total. The molecule has 0 radical (unpaired) electrons. The Labute approximate surface area is 240 Å². The molecule has 5 aromatic rings. The Bertz CT molecular complexity index is 1840. The van der Waals surface area contributed by atoms with Gasteiger partial charge in [0.05, 0.1) is 16.1 Å². The van der Waals surface area contributed by atoms with Gasteiger partial charge in [0, 0.05) is 29.7 Å². The topological polar surface area (TPSA) is 135 Å². The molecule has 0 aliphatic carbocycles. The van der Waals surface area contributed by atoms with Crippen molar-refractivity contribution < 1.29 is 21.9 Å². The zero-order chi connectivity index (χ0) is 29.3. The highest BCUT2D eigenvalue weighted by Crippen LogP contribution is 2.31. The summed E-state index contributed by atoms with van der Waals surface area (Å²) >= 11 is 0. The van der Waals surface area contributed by atoms with Crippen LogP contribution >= 0.6 is 0 Å². The highest BCUT2D eigenvalue weighted by Gasteiger charge is 2.20. The van der Waals surface area contributed by atoms with Gasteiger partial charge in [-0.1, -0.05) is 6.92 Å². The maximum Gasteiger partial charge on any atom is 0.387 e. The van der Waals surface area contributed by atoms with Crippen molar-refractivity contribution in [3.63, 3.8) is 0 Å². The average Bonchev–Trinajstić information content (AvgIpc) is 3.42. The first-order chi connectivity index (χ1) is 20.3. The van der Waals surface area contributed by atoms with Crippen LogP contribution in [-0.2, 0) is 16.4 Å². The summed E-state index contributed by atoms with van der Waals surface area (Å²) in [6.45, 7) is 0.966. The van der Waals surface area contributed by atoms with Gasteiger partial charge in [-0.05, 0) is 79.9 Å². The molecule has 14 heteroatoms. The number of benzene rings is 2. The van der Waals surface area contributed by atoms with E-state index < -0.39 is 16.6 Å². The number of ether oxygens (including phenoxy) is 1. The third-order valence-corrected chi connectivity index (χ3v) is 8.47. The summed E-state index contributed by atoms with van der Waals surface area (Å²) in [4.78, 5) is 13.4. The Balaban J connectivity index is 1.30.